The average Bonchev–Trinajstić information content (AvgIpc) is 2.45. The molecule has 0 saturated carbocycles. The van der Waals surface area contributed by atoms with Gasteiger partial charge in [0.1, 0.15) is 17.1 Å². The quantitative estimate of drug-likeness (QED) is 0.523. The SMILES string of the molecule is CC(C)(C)C(=O)OCOC(=O)c1cc(O)cc2c1O[B]CC2. The smallest absolute Gasteiger partial charge is 0.370 e. The van der Waals surface area contributed by atoms with Gasteiger partial charge in [0.15, 0.2) is 0 Å². The molecule has 0 fully saturated rings. The van der Waals surface area contributed by atoms with E-state index < -0.39 is 24.1 Å². The fourth-order valence-corrected chi connectivity index (χ4v) is 1.94. The molecule has 0 bridgehead atoms. The van der Waals surface area contributed by atoms with Crippen LogP contribution in [0.2, 0.25) is 6.32 Å². The summed E-state index contributed by atoms with van der Waals surface area (Å²) in [6, 6.07) is 2.82. The van der Waals surface area contributed by atoms with Crippen molar-refractivity contribution in [1.82, 2.24) is 0 Å². The van der Waals surface area contributed by atoms with Crippen molar-refractivity contribution in [3.05, 3.63) is 23.3 Å². The highest BCUT2D eigenvalue weighted by atomic mass is 16.7. The van der Waals surface area contributed by atoms with Crippen molar-refractivity contribution in [2.75, 3.05) is 6.79 Å². The van der Waals surface area contributed by atoms with Crippen molar-refractivity contribution in [3.8, 4) is 11.5 Å². The molecule has 0 saturated heterocycles. The van der Waals surface area contributed by atoms with Gasteiger partial charge in [-0.25, -0.2) is 4.79 Å². The summed E-state index contributed by atoms with van der Waals surface area (Å²) in [5, 5.41) is 9.68. The summed E-state index contributed by atoms with van der Waals surface area (Å²) in [6.07, 6.45) is 1.37. The number of carbonyl (C=O) groups excluding carboxylic acids is 2. The van der Waals surface area contributed by atoms with Crippen LogP contribution >= 0.6 is 0 Å². The summed E-state index contributed by atoms with van der Waals surface area (Å²) in [5.41, 5.74) is 0.174. The Kier molecular flexibility index (Phi) is 4.64. The van der Waals surface area contributed by atoms with Crippen LogP contribution in [0.5, 0.6) is 11.5 Å². The van der Waals surface area contributed by atoms with Gasteiger partial charge in [-0.15, -0.1) is 0 Å². The van der Waals surface area contributed by atoms with E-state index in [1.165, 1.54) is 6.07 Å². The van der Waals surface area contributed by atoms with E-state index in [1.54, 1.807) is 34.3 Å². The molecule has 1 aliphatic rings. The molecule has 0 spiro atoms. The molecule has 0 unspecified atom stereocenters. The maximum absolute atomic E-state index is 12.1. The summed E-state index contributed by atoms with van der Waals surface area (Å²) in [5.74, 6) is -0.855. The van der Waals surface area contributed by atoms with Crippen molar-refractivity contribution in [1.29, 1.82) is 0 Å². The summed E-state index contributed by atoms with van der Waals surface area (Å²) in [4.78, 5) is 23.7. The van der Waals surface area contributed by atoms with Crippen LogP contribution < -0.4 is 4.65 Å². The highest BCUT2D eigenvalue weighted by Crippen LogP contribution is 2.33. The van der Waals surface area contributed by atoms with E-state index in [1.807, 2.05) is 0 Å². The van der Waals surface area contributed by atoms with Gasteiger partial charge in [0, 0.05) is 0 Å². The predicted octanol–water partition coefficient (Wildman–Crippen LogP) is 2.07. The van der Waals surface area contributed by atoms with Crippen molar-refractivity contribution in [2.24, 2.45) is 5.41 Å². The van der Waals surface area contributed by atoms with E-state index in [0.717, 1.165) is 5.56 Å². The molecule has 1 aromatic rings. The second kappa shape index (κ2) is 6.29. The highest BCUT2D eigenvalue weighted by Gasteiger charge is 2.25. The number of hydrogen-bond donors (Lipinski definition) is 1. The van der Waals surface area contributed by atoms with Crippen LogP contribution in [0.4, 0.5) is 0 Å². The Morgan fingerprint density at radius 2 is 2.05 bits per heavy atom. The Morgan fingerprint density at radius 3 is 2.73 bits per heavy atom. The Morgan fingerprint density at radius 1 is 1.32 bits per heavy atom. The van der Waals surface area contributed by atoms with Crippen LogP contribution in [0.15, 0.2) is 12.1 Å². The number of benzene rings is 1. The number of aryl methyl sites for hydroxylation is 1. The lowest BCUT2D eigenvalue weighted by Gasteiger charge is -2.20. The van der Waals surface area contributed by atoms with Gasteiger partial charge in [0.25, 0.3) is 0 Å². The summed E-state index contributed by atoms with van der Waals surface area (Å²) in [7, 11) is 1.59. The monoisotopic (exact) mass is 305 g/mol. The Labute approximate surface area is 129 Å². The van der Waals surface area contributed by atoms with E-state index in [0.29, 0.717) is 18.5 Å². The molecule has 22 heavy (non-hydrogen) atoms. The van der Waals surface area contributed by atoms with E-state index in [4.69, 9.17) is 14.1 Å². The highest BCUT2D eigenvalue weighted by molar-refractivity contribution is 6.29. The second-order valence-electron chi connectivity index (χ2n) is 6.04. The third-order valence-corrected chi connectivity index (χ3v) is 3.10. The van der Waals surface area contributed by atoms with Gasteiger partial charge in [0.2, 0.25) is 6.79 Å². The first-order valence-corrected chi connectivity index (χ1v) is 6.97. The first-order chi connectivity index (χ1) is 10.3. The second-order valence-corrected chi connectivity index (χ2v) is 6.04. The molecule has 0 aliphatic carbocycles. The standard InChI is InChI=1S/C15H18BO6/c1-15(2,3)14(19)21-8-20-13(18)11-7-10(17)6-9-4-5-16-22-12(9)11/h6-7,17H,4-5,8H2,1-3H3. The summed E-state index contributed by atoms with van der Waals surface area (Å²) < 4.78 is 15.2. The molecule has 1 heterocycles. The van der Waals surface area contributed by atoms with E-state index in [-0.39, 0.29) is 11.3 Å². The van der Waals surface area contributed by atoms with Crippen LogP contribution in [0, 0.1) is 5.41 Å². The molecule has 1 aromatic carbocycles. The van der Waals surface area contributed by atoms with Crippen molar-refractivity contribution >= 4 is 19.4 Å². The number of phenols is 1. The van der Waals surface area contributed by atoms with E-state index in [2.05, 4.69) is 0 Å². The largest absolute Gasteiger partial charge is 0.562 e. The number of esters is 2. The Hall–Kier alpha value is -2.18. The third kappa shape index (κ3) is 3.72. The van der Waals surface area contributed by atoms with Gasteiger partial charge in [-0.05, 0) is 51.2 Å². The lowest BCUT2D eigenvalue weighted by Crippen LogP contribution is -2.25. The van der Waals surface area contributed by atoms with Crippen molar-refractivity contribution < 1.29 is 28.8 Å². The van der Waals surface area contributed by atoms with Crippen LogP contribution in [-0.4, -0.2) is 31.3 Å². The van der Waals surface area contributed by atoms with Crippen LogP contribution in [0.25, 0.3) is 0 Å². The molecular weight excluding hydrogens is 287 g/mol. The molecule has 0 amide bonds. The molecule has 117 valence electrons. The number of aromatic hydroxyl groups is 1. The fourth-order valence-electron chi connectivity index (χ4n) is 1.94. The Balaban J connectivity index is 2.04. The minimum atomic E-state index is -0.718. The normalized spacial score (nSPS) is 13.4. The number of carbonyl (C=O) groups is 2. The molecule has 7 heteroatoms. The lowest BCUT2D eigenvalue weighted by atomic mass is 9.85. The lowest BCUT2D eigenvalue weighted by molar-refractivity contribution is -0.161. The Bertz CT molecular complexity index is 590. The number of hydrogen-bond acceptors (Lipinski definition) is 6. The van der Waals surface area contributed by atoms with Crippen LogP contribution in [-0.2, 0) is 20.7 Å². The topological polar surface area (TPSA) is 82.1 Å². The molecular formula is C15H18BO6. The zero-order chi connectivity index (χ0) is 16.3. The number of fused-ring (bicyclic) bond motifs is 1. The predicted molar refractivity (Wildman–Crippen MR) is 78.8 cm³/mol. The fraction of sp³-hybridized carbons (Fsp3) is 0.467. The first-order valence-electron chi connectivity index (χ1n) is 6.97. The van der Waals surface area contributed by atoms with Gasteiger partial charge >= 0.3 is 19.4 Å². The molecule has 1 radical (unpaired) electrons. The maximum Gasteiger partial charge on any atom is 0.370 e. The zero-order valence-electron chi connectivity index (χ0n) is 12.8. The average molecular weight is 305 g/mol. The van der Waals surface area contributed by atoms with Gasteiger partial charge in [-0.1, -0.05) is 0 Å². The van der Waals surface area contributed by atoms with Gasteiger partial charge in [-0.2, -0.15) is 0 Å². The molecule has 6 nitrogen and oxygen atoms in total. The molecule has 1 N–H and O–H groups in total. The van der Waals surface area contributed by atoms with Crippen LogP contribution in [0.1, 0.15) is 36.7 Å². The number of ether oxygens (including phenoxy) is 2. The minimum absolute atomic E-state index is 0.0390. The number of rotatable bonds is 3. The molecule has 1 aliphatic heterocycles. The van der Waals surface area contributed by atoms with Gasteiger partial charge in [0.05, 0.1) is 5.41 Å². The summed E-state index contributed by atoms with van der Waals surface area (Å²) >= 11 is 0. The molecule has 2 rings (SSSR count). The zero-order valence-corrected chi connectivity index (χ0v) is 12.8. The van der Waals surface area contributed by atoms with Gasteiger partial charge in [-0.3, -0.25) is 4.79 Å². The maximum atomic E-state index is 12.1. The first kappa shape index (κ1) is 16.2. The summed E-state index contributed by atoms with van der Waals surface area (Å²) in [6.45, 7) is 4.62. The number of phenolic OH excluding ortho intramolecular Hbond substituents is 1. The molecule has 0 atom stereocenters. The third-order valence-electron chi connectivity index (χ3n) is 3.10. The van der Waals surface area contributed by atoms with Crippen molar-refractivity contribution in [3.63, 3.8) is 0 Å². The van der Waals surface area contributed by atoms with Gasteiger partial charge < -0.3 is 19.2 Å². The molecule has 0 aromatic heterocycles. The van der Waals surface area contributed by atoms with Crippen molar-refractivity contribution in [2.45, 2.75) is 33.5 Å². The van der Waals surface area contributed by atoms with E-state index >= 15 is 0 Å². The minimum Gasteiger partial charge on any atom is -0.562 e. The van der Waals surface area contributed by atoms with E-state index in [9.17, 15) is 14.7 Å². The van der Waals surface area contributed by atoms with Crippen LogP contribution in [0.3, 0.4) is 0 Å².